The van der Waals surface area contributed by atoms with Gasteiger partial charge in [-0.05, 0) is 53.0 Å². The lowest BCUT2D eigenvalue weighted by Crippen LogP contribution is -2.45. The summed E-state index contributed by atoms with van der Waals surface area (Å²) < 4.78 is 0. The summed E-state index contributed by atoms with van der Waals surface area (Å²) in [7, 11) is 4.51. The maximum Gasteiger partial charge on any atom is 0.0220 e. The van der Waals surface area contributed by atoms with Crippen LogP contribution in [-0.4, -0.2) is 62.2 Å². The monoisotopic (exact) mass is 227 g/mol. The molecule has 0 aromatic carbocycles. The molecule has 0 bridgehead atoms. The van der Waals surface area contributed by atoms with Crippen molar-refractivity contribution in [2.45, 2.75) is 45.2 Å². The minimum Gasteiger partial charge on any atom is -0.314 e. The molecule has 1 N–H and O–H groups in total. The Labute approximate surface area is 101 Å². The molecule has 0 spiro atoms. The number of rotatable bonds is 6. The van der Waals surface area contributed by atoms with E-state index in [1.165, 1.54) is 38.9 Å². The first-order valence-electron chi connectivity index (χ1n) is 6.71. The molecule has 0 aromatic rings. The highest BCUT2D eigenvalue weighted by molar-refractivity contribution is 4.77. The minimum atomic E-state index is 0.617. The predicted molar refractivity (Wildman–Crippen MR) is 70.9 cm³/mol. The molecule has 0 amide bonds. The number of likely N-dealkylation sites (tertiary alicyclic amines) is 1. The molecule has 0 radical (unpaired) electrons. The Balaban J connectivity index is 2.11. The summed E-state index contributed by atoms with van der Waals surface area (Å²) in [5, 5.41) is 3.48. The SMILES string of the molecule is CC(C)NCCCN(C)C1CCCN(C)C1. The fraction of sp³-hybridized carbons (Fsp3) is 1.00. The van der Waals surface area contributed by atoms with Crippen molar-refractivity contribution >= 4 is 0 Å². The number of piperidine rings is 1. The standard InChI is InChI=1S/C13H29N3/c1-12(2)14-8-6-10-16(4)13-7-5-9-15(3)11-13/h12-14H,5-11H2,1-4H3. The zero-order valence-corrected chi connectivity index (χ0v) is 11.5. The van der Waals surface area contributed by atoms with E-state index in [0.717, 1.165) is 12.6 Å². The van der Waals surface area contributed by atoms with Crippen LogP contribution in [-0.2, 0) is 0 Å². The van der Waals surface area contributed by atoms with E-state index in [2.05, 4.69) is 43.1 Å². The molecule has 1 heterocycles. The average molecular weight is 227 g/mol. The lowest BCUT2D eigenvalue weighted by Gasteiger charge is -2.35. The van der Waals surface area contributed by atoms with Crippen molar-refractivity contribution in [3.8, 4) is 0 Å². The molecule has 1 aliphatic rings. The second kappa shape index (κ2) is 7.25. The molecule has 16 heavy (non-hydrogen) atoms. The normalized spacial score (nSPS) is 23.2. The summed E-state index contributed by atoms with van der Waals surface area (Å²) in [6.45, 7) is 9.30. The molecule has 1 rings (SSSR count). The summed E-state index contributed by atoms with van der Waals surface area (Å²) in [4.78, 5) is 4.99. The van der Waals surface area contributed by atoms with E-state index in [9.17, 15) is 0 Å². The third kappa shape index (κ3) is 5.28. The van der Waals surface area contributed by atoms with E-state index >= 15 is 0 Å². The predicted octanol–water partition coefficient (Wildman–Crippen LogP) is 1.40. The van der Waals surface area contributed by atoms with Crippen molar-refractivity contribution in [1.82, 2.24) is 15.1 Å². The maximum atomic E-state index is 3.48. The van der Waals surface area contributed by atoms with Gasteiger partial charge in [0.05, 0.1) is 0 Å². The van der Waals surface area contributed by atoms with Crippen LogP contribution in [0, 0.1) is 0 Å². The second-order valence-electron chi connectivity index (χ2n) is 5.50. The molecule has 3 heteroatoms. The van der Waals surface area contributed by atoms with Gasteiger partial charge < -0.3 is 15.1 Å². The highest BCUT2D eigenvalue weighted by Gasteiger charge is 2.20. The van der Waals surface area contributed by atoms with Crippen LogP contribution >= 0.6 is 0 Å². The first-order valence-corrected chi connectivity index (χ1v) is 6.71. The molecule has 3 nitrogen and oxygen atoms in total. The van der Waals surface area contributed by atoms with Crippen LogP contribution in [0.15, 0.2) is 0 Å². The summed E-state index contributed by atoms with van der Waals surface area (Å²) in [6.07, 6.45) is 3.99. The van der Waals surface area contributed by atoms with Crippen LogP contribution in [0.2, 0.25) is 0 Å². The Hall–Kier alpha value is -0.120. The van der Waals surface area contributed by atoms with Gasteiger partial charge in [-0.15, -0.1) is 0 Å². The Kier molecular flexibility index (Phi) is 6.32. The molecule has 1 unspecified atom stereocenters. The van der Waals surface area contributed by atoms with Crippen LogP contribution < -0.4 is 5.32 Å². The van der Waals surface area contributed by atoms with E-state index in [0.29, 0.717) is 6.04 Å². The van der Waals surface area contributed by atoms with Gasteiger partial charge in [0, 0.05) is 18.6 Å². The highest BCUT2D eigenvalue weighted by Crippen LogP contribution is 2.13. The molecule has 1 atom stereocenters. The Bertz CT molecular complexity index is 182. The topological polar surface area (TPSA) is 18.5 Å². The Morgan fingerprint density at radius 1 is 1.44 bits per heavy atom. The first kappa shape index (κ1) is 13.9. The molecule has 1 aliphatic heterocycles. The summed E-state index contributed by atoms with van der Waals surface area (Å²) in [5.41, 5.74) is 0. The smallest absolute Gasteiger partial charge is 0.0220 e. The number of hydrogen-bond acceptors (Lipinski definition) is 3. The van der Waals surface area contributed by atoms with Crippen molar-refractivity contribution in [3.05, 3.63) is 0 Å². The lowest BCUT2D eigenvalue weighted by atomic mass is 10.1. The summed E-state index contributed by atoms with van der Waals surface area (Å²) in [6, 6.07) is 1.39. The van der Waals surface area contributed by atoms with Gasteiger partial charge in [-0.1, -0.05) is 13.8 Å². The van der Waals surface area contributed by atoms with Crippen LogP contribution in [0.1, 0.15) is 33.1 Å². The zero-order valence-electron chi connectivity index (χ0n) is 11.5. The number of likely N-dealkylation sites (N-methyl/N-ethyl adjacent to an activating group) is 2. The van der Waals surface area contributed by atoms with E-state index in [1.54, 1.807) is 0 Å². The average Bonchev–Trinajstić information content (AvgIpc) is 2.24. The largest absolute Gasteiger partial charge is 0.314 e. The van der Waals surface area contributed by atoms with Crippen molar-refractivity contribution in [3.63, 3.8) is 0 Å². The van der Waals surface area contributed by atoms with Gasteiger partial charge in [0.1, 0.15) is 0 Å². The van der Waals surface area contributed by atoms with Crippen LogP contribution in [0.25, 0.3) is 0 Å². The molecular weight excluding hydrogens is 198 g/mol. The van der Waals surface area contributed by atoms with Crippen molar-refractivity contribution < 1.29 is 0 Å². The molecule has 0 aromatic heterocycles. The summed E-state index contributed by atoms with van der Waals surface area (Å²) in [5.74, 6) is 0. The van der Waals surface area contributed by atoms with Gasteiger partial charge in [0.2, 0.25) is 0 Å². The van der Waals surface area contributed by atoms with E-state index in [1.807, 2.05) is 0 Å². The van der Waals surface area contributed by atoms with Gasteiger partial charge >= 0.3 is 0 Å². The Morgan fingerprint density at radius 3 is 2.81 bits per heavy atom. The van der Waals surface area contributed by atoms with Gasteiger partial charge in [-0.3, -0.25) is 0 Å². The third-order valence-electron chi connectivity index (χ3n) is 3.46. The molecular formula is C13H29N3. The second-order valence-corrected chi connectivity index (χ2v) is 5.50. The first-order chi connectivity index (χ1) is 7.59. The van der Waals surface area contributed by atoms with E-state index < -0.39 is 0 Å². The van der Waals surface area contributed by atoms with Crippen molar-refractivity contribution in [2.75, 3.05) is 40.3 Å². The molecule has 1 fully saturated rings. The van der Waals surface area contributed by atoms with Crippen molar-refractivity contribution in [2.24, 2.45) is 0 Å². The van der Waals surface area contributed by atoms with Gasteiger partial charge in [-0.25, -0.2) is 0 Å². The van der Waals surface area contributed by atoms with Gasteiger partial charge in [0.15, 0.2) is 0 Å². The molecule has 1 saturated heterocycles. The van der Waals surface area contributed by atoms with Crippen molar-refractivity contribution in [1.29, 1.82) is 0 Å². The number of nitrogens with one attached hydrogen (secondary N) is 1. The third-order valence-corrected chi connectivity index (χ3v) is 3.46. The quantitative estimate of drug-likeness (QED) is 0.692. The van der Waals surface area contributed by atoms with Crippen LogP contribution in [0.3, 0.4) is 0 Å². The molecule has 0 aliphatic carbocycles. The zero-order chi connectivity index (χ0) is 12.0. The fourth-order valence-electron chi connectivity index (χ4n) is 2.40. The Morgan fingerprint density at radius 2 is 2.19 bits per heavy atom. The van der Waals surface area contributed by atoms with Crippen LogP contribution in [0.5, 0.6) is 0 Å². The van der Waals surface area contributed by atoms with Crippen LogP contribution in [0.4, 0.5) is 0 Å². The highest BCUT2D eigenvalue weighted by atomic mass is 15.2. The lowest BCUT2D eigenvalue weighted by molar-refractivity contribution is 0.133. The molecule has 96 valence electrons. The van der Waals surface area contributed by atoms with E-state index in [4.69, 9.17) is 0 Å². The fourth-order valence-corrected chi connectivity index (χ4v) is 2.40. The number of nitrogens with zero attached hydrogens (tertiary/aromatic N) is 2. The maximum absolute atomic E-state index is 3.48. The molecule has 0 saturated carbocycles. The van der Waals surface area contributed by atoms with E-state index in [-0.39, 0.29) is 0 Å². The van der Waals surface area contributed by atoms with Gasteiger partial charge in [0.25, 0.3) is 0 Å². The minimum absolute atomic E-state index is 0.617. The summed E-state index contributed by atoms with van der Waals surface area (Å²) >= 11 is 0. The van der Waals surface area contributed by atoms with Gasteiger partial charge in [-0.2, -0.15) is 0 Å². The number of hydrogen-bond donors (Lipinski definition) is 1.